The average molecular weight is 279 g/mol. The molecule has 2 N–H and O–H groups in total. The molecule has 0 bridgehead atoms. The highest BCUT2D eigenvalue weighted by atomic mass is 19.1. The second kappa shape index (κ2) is 6.35. The highest BCUT2D eigenvalue weighted by Crippen LogP contribution is 2.44. The van der Waals surface area contributed by atoms with Crippen LogP contribution in [0.3, 0.4) is 0 Å². The lowest BCUT2D eigenvalue weighted by Gasteiger charge is -2.16. The Kier molecular flexibility index (Phi) is 4.76. The summed E-state index contributed by atoms with van der Waals surface area (Å²) >= 11 is 0. The summed E-state index contributed by atoms with van der Waals surface area (Å²) in [6, 6.07) is 6.67. The van der Waals surface area contributed by atoms with E-state index in [4.69, 9.17) is 0 Å². The third kappa shape index (κ3) is 3.79. The van der Waals surface area contributed by atoms with Gasteiger partial charge in [-0.15, -0.1) is 0 Å². The van der Waals surface area contributed by atoms with Crippen molar-refractivity contribution in [3.05, 3.63) is 35.6 Å². The molecule has 0 aliphatic heterocycles. The third-order valence-electron chi connectivity index (χ3n) is 4.18. The van der Waals surface area contributed by atoms with E-state index in [-0.39, 0.29) is 29.7 Å². The van der Waals surface area contributed by atoms with Gasteiger partial charge in [0.2, 0.25) is 5.91 Å². The minimum atomic E-state index is -0.211. The number of halogens is 1. The quantitative estimate of drug-likeness (QED) is 0.804. The highest BCUT2D eigenvalue weighted by Gasteiger charge is 2.42. The van der Waals surface area contributed by atoms with Gasteiger partial charge < -0.3 is 10.4 Å². The Bertz CT molecular complexity index is 471. The van der Waals surface area contributed by atoms with Crippen molar-refractivity contribution in [3.63, 3.8) is 0 Å². The summed E-state index contributed by atoms with van der Waals surface area (Å²) in [4.78, 5) is 12.0. The van der Waals surface area contributed by atoms with Crippen molar-refractivity contribution in [1.29, 1.82) is 0 Å². The summed E-state index contributed by atoms with van der Waals surface area (Å²) in [5.41, 5.74) is 0.585. The van der Waals surface area contributed by atoms with Crippen molar-refractivity contribution in [2.45, 2.75) is 32.6 Å². The van der Waals surface area contributed by atoms with Crippen molar-refractivity contribution in [3.8, 4) is 0 Å². The molecule has 1 fully saturated rings. The van der Waals surface area contributed by atoms with Gasteiger partial charge in [-0.3, -0.25) is 4.79 Å². The SMILES string of the molecule is CC(CCc1ccccc1F)C(=O)NCC1(CO)CC1. The number of hydrogen-bond acceptors (Lipinski definition) is 2. The van der Waals surface area contributed by atoms with Crippen LogP contribution in [0, 0.1) is 17.2 Å². The molecule has 0 spiro atoms. The van der Waals surface area contributed by atoms with Crippen LogP contribution in [0.2, 0.25) is 0 Å². The van der Waals surface area contributed by atoms with Crippen LogP contribution in [0.4, 0.5) is 4.39 Å². The van der Waals surface area contributed by atoms with Crippen LogP contribution >= 0.6 is 0 Å². The second-order valence-electron chi connectivity index (χ2n) is 5.91. The van der Waals surface area contributed by atoms with Gasteiger partial charge in [0.1, 0.15) is 5.82 Å². The number of aliphatic hydroxyl groups excluding tert-OH is 1. The number of benzene rings is 1. The van der Waals surface area contributed by atoms with E-state index < -0.39 is 0 Å². The Morgan fingerprint density at radius 1 is 1.45 bits per heavy atom. The maximum absolute atomic E-state index is 13.5. The number of nitrogens with one attached hydrogen (secondary N) is 1. The Hall–Kier alpha value is -1.42. The van der Waals surface area contributed by atoms with E-state index in [1.807, 2.05) is 6.92 Å². The van der Waals surface area contributed by atoms with Crippen LogP contribution in [0.15, 0.2) is 24.3 Å². The molecule has 0 heterocycles. The molecule has 1 unspecified atom stereocenters. The number of aliphatic hydroxyl groups is 1. The lowest BCUT2D eigenvalue weighted by molar-refractivity contribution is -0.125. The van der Waals surface area contributed by atoms with Crippen LogP contribution in [0.1, 0.15) is 31.7 Å². The first-order valence-corrected chi connectivity index (χ1v) is 7.18. The van der Waals surface area contributed by atoms with Gasteiger partial charge in [0.25, 0.3) is 0 Å². The fourth-order valence-electron chi connectivity index (χ4n) is 2.22. The molecule has 1 amide bonds. The summed E-state index contributed by atoms with van der Waals surface area (Å²) in [6.07, 6.45) is 3.14. The standard InChI is InChI=1S/C16H22FNO2/c1-12(6-7-13-4-2-3-5-14(13)17)15(20)18-10-16(11-19)8-9-16/h2-5,12,19H,6-11H2,1H3,(H,18,20). The van der Waals surface area contributed by atoms with Crippen molar-refractivity contribution in [2.24, 2.45) is 11.3 Å². The minimum Gasteiger partial charge on any atom is -0.396 e. The summed E-state index contributed by atoms with van der Waals surface area (Å²) in [5.74, 6) is -0.373. The van der Waals surface area contributed by atoms with Crippen LogP contribution in [0.5, 0.6) is 0 Å². The summed E-state index contributed by atoms with van der Waals surface area (Å²) in [5, 5.41) is 12.1. The fraction of sp³-hybridized carbons (Fsp3) is 0.562. The second-order valence-corrected chi connectivity index (χ2v) is 5.91. The molecule has 1 aliphatic carbocycles. The lowest BCUT2D eigenvalue weighted by Crippen LogP contribution is -2.35. The molecule has 1 aromatic carbocycles. The molecular weight excluding hydrogens is 257 g/mol. The maximum Gasteiger partial charge on any atom is 0.222 e. The molecule has 110 valence electrons. The normalized spacial score (nSPS) is 17.6. The first-order valence-electron chi connectivity index (χ1n) is 7.18. The Morgan fingerprint density at radius 3 is 2.75 bits per heavy atom. The van der Waals surface area contributed by atoms with Gasteiger partial charge in [0, 0.05) is 17.9 Å². The zero-order valence-corrected chi connectivity index (χ0v) is 11.9. The van der Waals surface area contributed by atoms with E-state index in [2.05, 4.69) is 5.32 Å². The number of carbonyl (C=O) groups excluding carboxylic acids is 1. The van der Waals surface area contributed by atoms with E-state index >= 15 is 0 Å². The van der Waals surface area contributed by atoms with Gasteiger partial charge >= 0.3 is 0 Å². The van der Waals surface area contributed by atoms with Gasteiger partial charge in [0.05, 0.1) is 6.61 Å². The van der Waals surface area contributed by atoms with Gasteiger partial charge in [-0.05, 0) is 37.3 Å². The Labute approximate surface area is 119 Å². The number of rotatable bonds is 7. The first kappa shape index (κ1) is 15.0. The van der Waals surface area contributed by atoms with Gasteiger partial charge in [0.15, 0.2) is 0 Å². The molecule has 20 heavy (non-hydrogen) atoms. The molecule has 1 saturated carbocycles. The van der Waals surface area contributed by atoms with E-state index in [9.17, 15) is 14.3 Å². The number of carbonyl (C=O) groups is 1. The zero-order chi connectivity index (χ0) is 14.6. The largest absolute Gasteiger partial charge is 0.396 e. The third-order valence-corrected chi connectivity index (χ3v) is 4.18. The molecule has 1 aliphatic rings. The zero-order valence-electron chi connectivity index (χ0n) is 11.9. The van der Waals surface area contributed by atoms with E-state index in [0.717, 1.165) is 12.8 Å². The fourth-order valence-corrected chi connectivity index (χ4v) is 2.22. The Morgan fingerprint density at radius 2 is 2.15 bits per heavy atom. The van der Waals surface area contributed by atoms with Crippen molar-refractivity contribution >= 4 is 5.91 Å². The summed E-state index contributed by atoms with van der Waals surface area (Å²) in [7, 11) is 0. The number of hydrogen-bond donors (Lipinski definition) is 2. The number of amides is 1. The predicted molar refractivity (Wildman–Crippen MR) is 75.6 cm³/mol. The summed E-state index contributed by atoms with van der Waals surface area (Å²) < 4.78 is 13.5. The molecule has 0 aromatic heterocycles. The molecule has 4 heteroatoms. The van der Waals surface area contributed by atoms with Crippen LogP contribution in [-0.4, -0.2) is 24.2 Å². The topological polar surface area (TPSA) is 49.3 Å². The molecule has 3 nitrogen and oxygen atoms in total. The van der Waals surface area contributed by atoms with E-state index in [1.165, 1.54) is 6.07 Å². The van der Waals surface area contributed by atoms with Gasteiger partial charge in [-0.25, -0.2) is 4.39 Å². The predicted octanol–water partition coefficient (Wildman–Crippen LogP) is 2.28. The van der Waals surface area contributed by atoms with Crippen LogP contribution in [-0.2, 0) is 11.2 Å². The molecule has 2 rings (SSSR count). The van der Waals surface area contributed by atoms with Gasteiger partial charge in [-0.2, -0.15) is 0 Å². The average Bonchev–Trinajstić information content (AvgIpc) is 3.24. The van der Waals surface area contributed by atoms with Crippen LogP contribution in [0.25, 0.3) is 0 Å². The molecular formula is C16H22FNO2. The van der Waals surface area contributed by atoms with Gasteiger partial charge in [-0.1, -0.05) is 25.1 Å². The molecule has 0 saturated heterocycles. The first-order chi connectivity index (χ1) is 9.56. The smallest absolute Gasteiger partial charge is 0.222 e. The van der Waals surface area contributed by atoms with E-state index in [0.29, 0.717) is 24.9 Å². The lowest BCUT2D eigenvalue weighted by atomic mass is 9.99. The van der Waals surface area contributed by atoms with Crippen molar-refractivity contribution < 1.29 is 14.3 Å². The monoisotopic (exact) mass is 279 g/mol. The Balaban J connectivity index is 1.75. The van der Waals surface area contributed by atoms with Crippen molar-refractivity contribution in [2.75, 3.05) is 13.2 Å². The molecule has 1 atom stereocenters. The van der Waals surface area contributed by atoms with Crippen LogP contribution < -0.4 is 5.32 Å². The van der Waals surface area contributed by atoms with E-state index in [1.54, 1.807) is 18.2 Å². The molecule has 1 aromatic rings. The number of aryl methyl sites for hydroxylation is 1. The van der Waals surface area contributed by atoms with Crippen molar-refractivity contribution in [1.82, 2.24) is 5.32 Å². The highest BCUT2D eigenvalue weighted by molar-refractivity contribution is 5.78. The summed E-state index contributed by atoms with van der Waals surface area (Å²) in [6.45, 7) is 2.54. The maximum atomic E-state index is 13.5. The minimum absolute atomic E-state index is 0.0129. The molecule has 0 radical (unpaired) electrons.